The highest BCUT2D eigenvalue weighted by molar-refractivity contribution is 5.92. The van der Waals surface area contributed by atoms with Gasteiger partial charge in [-0.25, -0.2) is 0 Å². The predicted octanol–water partition coefficient (Wildman–Crippen LogP) is 2.49. The normalized spacial score (nSPS) is 19.5. The van der Waals surface area contributed by atoms with Crippen LogP contribution >= 0.6 is 0 Å². The zero-order chi connectivity index (χ0) is 17.7. The molecule has 1 aromatic heterocycles. The third kappa shape index (κ3) is 4.73. The Balaban J connectivity index is 2.01. The van der Waals surface area contributed by atoms with Crippen LogP contribution in [0.3, 0.4) is 0 Å². The molecule has 5 nitrogen and oxygen atoms in total. The molecule has 1 aromatic rings. The van der Waals surface area contributed by atoms with E-state index in [-0.39, 0.29) is 18.6 Å². The Morgan fingerprint density at radius 3 is 2.79 bits per heavy atom. The molecule has 1 N–H and O–H groups in total. The van der Waals surface area contributed by atoms with Gasteiger partial charge in [-0.05, 0) is 31.5 Å². The van der Waals surface area contributed by atoms with E-state index in [9.17, 15) is 18.0 Å². The van der Waals surface area contributed by atoms with Crippen molar-refractivity contribution < 1.29 is 22.7 Å². The molecule has 1 amide bonds. The van der Waals surface area contributed by atoms with Crippen molar-refractivity contribution in [3.8, 4) is 0 Å². The molecule has 0 saturated carbocycles. The van der Waals surface area contributed by atoms with Crippen LogP contribution in [0.25, 0.3) is 0 Å². The second-order valence-corrected chi connectivity index (χ2v) is 6.00. The van der Waals surface area contributed by atoms with Gasteiger partial charge in [0.15, 0.2) is 0 Å². The van der Waals surface area contributed by atoms with Gasteiger partial charge in [0, 0.05) is 26.3 Å². The Kier molecular flexibility index (Phi) is 6.28. The number of rotatable bonds is 6. The van der Waals surface area contributed by atoms with E-state index < -0.39 is 12.8 Å². The summed E-state index contributed by atoms with van der Waals surface area (Å²) in [5.74, 6) is -0.153. The Morgan fingerprint density at radius 1 is 1.38 bits per heavy atom. The highest BCUT2D eigenvalue weighted by atomic mass is 19.4. The lowest BCUT2D eigenvalue weighted by Crippen LogP contribution is -2.37. The van der Waals surface area contributed by atoms with Crippen LogP contribution in [0.5, 0.6) is 0 Å². The average molecular weight is 347 g/mol. The molecule has 8 heteroatoms. The van der Waals surface area contributed by atoms with Crippen molar-refractivity contribution in [2.75, 3.05) is 33.4 Å². The van der Waals surface area contributed by atoms with Crippen molar-refractivity contribution in [3.63, 3.8) is 0 Å². The number of carbonyl (C=O) groups excluding carboxylic acids is 1. The van der Waals surface area contributed by atoms with Gasteiger partial charge in [-0.3, -0.25) is 9.69 Å². The number of likely N-dealkylation sites (tertiary alicyclic amines) is 1. The summed E-state index contributed by atoms with van der Waals surface area (Å²) < 4.78 is 43.0. The van der Waals surface area contributed by atoms with Gasteiger partial charge in [0.25, 0.3) is 5.91 Å². The summed E-state index contributed by atoms with van der Waals surface area (Å²) >= 11 is 0. The number of ether oxygens (including phenoxy) is 1. The van der Waals surface area contributed by atoms with Crippen molar-refractivity contribution in [2.45, 2.75) is 31.5 Å². The number of hydrogen-bond donors (Lipinski definition) is 1. The van der Waals surface area contributed by atoms with Crippen LogP contribution in [-0.4, -0.2) is 54.9 Å². The molecule has 1 fully saturated rings. The minimum absolute atomic E-state index is 0.0444. The minimum Gasteiger partial charge on any atom is -0.371 e. The molecule has 0 bridgehead atoms. The molecule has 0 radical (unpaired) electrons. The molecule has 1 aliphatic rings. The molecule has 1 aliphatic heterocycles. The van der Waals surface area contributed by atoms with Gasteiger partial charge < -0.3 is 14.6 Å². The van der Waals surface area contributed by atoms with E-state index in [0.717, 1.165) is 31.5 Å². The number of alkyl halides is 3. The number of piperidine rings is 1. The highest BCUT2D eigenvalue weighted by Crippen LogP contribution is 2.31. The number of aromatic nitrogens is 1. The van der Waals surface area contributed by atoms with Gasteiger partial charge in [0.05, 0.1) is 12.6 Å². The number of hydrogen-bond acceptors (Lipinski definition) is 3. The van der Waals surface area contributed by atoms with E-state index >= 15 is 0 Å². The first-order chi connectivity index (χ1) is 11.3. The lowest BCUT2D eigenvalue weighted by Gasteiger charge is -2.36. The van der Waals surface area contributed by atoms with Crippen molar-refractivity contribution in [2.24, 2.45) is 7.05 Å². The van der Waals surface area contributed by atoms with Gasteiger partial charge in [-0.1, -0.05) is 6.42 Å². The second kappa shape index (κ2) is 8.02. The Morgan fingerprint density at radius 2 is 2.12 bits per heavy atom. The SMILES string of the molecule is CNC(=O)c1ccc([C@@H]2CCCCN2CCOCC(F)(F)F)n1C. The molecular formula is C16H24F3N3O2. The molecule has 2 heterocycles. The molecule has 1 atom stereocenters. The van der Waals surface area contributed by atoms with Crippen molar-refractivity contribution in [1.29, 1.82) is 0 Å². The summed E-state index contributed by atoms with van der Waals surface area (Å²) in [5.41, 5.74) is 1.58. The maximum Gasteiger partial charge on any atom is 0.411 e. The van der Waals surface area contributed by atoms with E-state index in [1.807, 2.05) is 17.7 Å². The zero-order valence-electron chi connectivity index (χ0n) is 14.0. The van der Waals surface area contributed by atoms with Gasteiger partial charge in [0.1, 0.15) is 12.3 Å². The first-order valence-corrected chi connectivity index (χ1v) is 8.09. The summed E-state index contributed by atoms with van der Waals surface area (Å²) in [5, 5.41) is 2.61. The number of nitrogens with zero attached hydrogens (tertiary/aromatic N) is 2. The average Bonchev–Trinajstić information content (AvgIpc) is 2.92. The van der Waals surface area contributed by atoms with E-state index in [1.54, 1.807) is 13.1 Å². The van der Waals surface area contributed by atoms with Crippen LogP contribution < -0.4 is 5.32 Å². The first-order valence-electron chi connectivity index (χ1n) is 8.09. The number of halogens is 3. The third-order valence-electron chi connectivity index (χ3n) is 4.36. The topological polar surface area (TPSA) is 46.5 Å². The summed E-state index contributed by atoms with van der Waals surface area (Å²) in [6.45, 7) is 0.0982. The monoisotopic (exact) mass is 347 g/mol. The minimum atomic E-state index is -4.29. The fraction of sp³-hybridized carbons (Fsp3) is 0.688. The lowest BCUT2D eigenvalue weighted by molar-refractivity contribution is -0.175. The smallest absolute Gasteiger partial charge is 0.371 e. The Hall–Kier alpha value is -1.54. The van der Waals surface area contributed by atoms with Crippen LogP contribution in [0.1, 0.15) is 41.5 Å². The molecule has 0 aromatic carbocycles. The molecular weight excluding hydrogens is 323 g/mol. The maximum atomic E-state index is 12.1. The van der Waals surface area contributed by atoms with E-state index in [2.05, 4.69) is 10.2 Å². The summed E-state index contributed by atoms with van der Waals surface area (Å²) in [6.07, 6.45) is -1.29. The highest BCUT2D eigenvalue weighted by Gasteiger charge is 2.29. The maximum absolute atomic E-state index is 12.1. The summed E-state index contributed by atoms with van der Waals surface area (Å²) in [4.78, 5) is 14.0. The fourth-order valence-corrected chi connectivity index (χ4v) is 3.18. The van der Waals surface area contributed by atoms with Crippen LogP contribution in [0.4, 0.5) is 13.2 Å². The third-order valence-corrected chi connectivity index (χ3v) is 4.36. The predicted molar refractivity (Wildman–Crippen MR) is 83.8 cm³/mol. The zero-order valence-corrected chi connectivity index (χ0v) is 14.0. The van der Waals surface area contributed by atoms with E-state index in [1.165, 1.54) is 0 Å². The number of nitrogens with one attached hydrogen (secondary N) is 1. The van der Waals surface area contributed by atoms with E-state index in [0.29, 0.717) is 12.2 Å². The Labute approximate surface area is 139 Å². The van der Waals surface area contributed by atoms with Crippen LogP contribution in [0.2, 0.25) is 0 Å². The molecule has 0 aliphatic carbocycles. The van der Waals surface area contributed by atoms with Crippen LogP contribution in [-0.2, 0) is 11.8 Å². The van der Waals surface area contributed by atoms with Crippen LogP contribution in [0, 0.1) is 0 Å². The molecule has 136 valence electrons. The van der Waals surface area contributed by atoms with Crippen LogP contribution in [0.15, 0.2) is 12.1 Å². The summed E-state index contributed by atoms with van der Waals surface area (Å²) in [7, 11) is 3.42. The molecule has 1 saturated heterocycles. The quantitative estimate of drug-likeness (QED) is 0.805. The van der Waals surface area contributed by atoms with E-state index in [4.69, 9.17) is 4.74 Å². The van der Waals surface area contributed by atoms with Gasteiger partial charge >= 0.3 is 6.18 Å². The van der Waals surface area contributed by atoms with Gasteiger partial charge in [-0.15, -0.1) is 0 Å². The van der Waals surface area contributed by atoms with Gasteiger partial charge in [-0.2, -0.15) is 13.2 Å². The van der Waals surface area contributed by atoms with Gasteiger partial charge in [0.2, 0.25) is 0 Å². The lowest BCUT2D eigenvalue weighted by atomic mass is 9.99. The Bertz CT molecular complexity index is 557. The number of carbonyl (C=O) groups is 1. The molecule has 24 heavy (non-hydrogen) atoms. The number of amides is 1. The summed E-state index contributed by atoms with van der Waals surface area (Å²) in [6, 6.07) is 3.79. The fourth-order valence-electron chi connectivity index (χ4n) is 3.18. The molecule has 2 rings (SSSR count). The van der Waals surface area contributed by atoms with Crippen molar-refractivity contribution in [1.82, 2.24) is 14.8 Å². The van der Waals surface area contributed by atoms with Crippen molar-refractivity contribution >= 4 is 5.91 Å². The standard InChI is InChI=1S/C16H24F3N3O2/c1-20-15(23)14-7-6-12(21(14)2)13-5-3-4-8-22(13)9-10-24-11-16(17,18)19/h6-7,13H,3-5,8-11H2,1-2H3,(H,20,23)/t13-/m0/s1. The molecule has 0 spiro atoms. The van der Waals surface area contributed by atoms with Crippen molar-refractivity contribution in [3.05, 3.63) is 23.5 Å². The largest absolute Gasteiger partial charge is 0.411 e. The first kappa shape index (κ1) is 18.8. The molecule has 0 unspecified atom stereocenters. The second-order valence-electron chi connectivity index (χ2n) is 6.00.